The van der Waals surface area contributed by atoms with E-state index in [-0.39, 0.29) is 17.1 Å². The molecule has 0 aromatic heterocycles. The van der Waals surface area contributed by atoms with Crippen LogP contribution >= 0.6 is 0 Å². The topological polar surface area (TPSA) is 64.6 Å². The van der Waals surface area contributed by atoms with Crippen LogP contribution in [0.15, 0.2) is 47.4 Å². The Bertz CT molecular complexity index is 808. The predicted molar refractivity (Wildman–Crippen MR) is 89.1 cm³/mol. The zero-order valence-corrected chi connectivity index (χ0v) is 14.6. The van der Waals surface area contributed by atoms with E-state index in [2.05, 4.69) is 4.72 Å². The summed E-state index contributed by atoms with van der Waals surface area (Å²) in [5.41, 5.74) is 0.926. The first-order valence-corrected chi connectivity index (χ1v) is 8.77. The van der Waals surface area contributed by atoms with E-state index in [0.29, 0.717) is 11.3 Å². The third-order valence-electron chi connectivity index (χ3n) is 3.57. The van der Waals surface area contributed by atoms with Crippen molar-refractivity contribution in [1.82, 2.24) is 4.72 Å². The Hall–Kier alpha value is -1.96. The lowest BCUT2D eigenvalue weighted by Crippen LogP contribution is -2.32. The van der Waals surface area contributed by atoms with E-state index in [4.69, 9.17) is 9.47 Å². The highest BCUT2D eigenvalue weighted by molar-refractivity contribution is 7.89. The Balaban J connectivity index is 2.37. The van der Waals surface area contributed by atoms with Gasteiger partial charge >= 0.3 is 0 Å². The highest BCUT2D eigenvalue weighted by Gasteiger charge is 2.25. The molecule has 130 valence electrons. The molecular formula is C17H20FNO4S. The van der Waals surface area contributed by atoms with Crippen LogP contribution in [0, 0.1) is 12.7 Å². The van der Waals surface area contributed by atoms with Gasteiger partial charge in [-0.25, -0.2) is 17.5 Å². The molecule has 0 amide bonds. The van der Waals surface area contributed by atoms with Crippen molar-refractivity contribution in [2.45, 2.75) is 17.9 Å². The third kappa shape index (κ3) is 4.11. The van der Waals surface area contributed by atoms with Crippen LogP contribution in [0.2, 0.25) is 0 Å². The molecule has 7 heteroatoms. The standard InChI is InChI=1S/C17H20FNO4S/c1-12-6-4-9-16(17(12)18)24(20,21)19-15(11-22-2)13-7-5-8-14(10-13)23-3/h4-10,15,19H,11H2,1-3H3. The predicted octanol–water partition coefficient (Wildman–Crippen LogP) is 2.81. The second-order valence-electron chi connectivity index (χ2n) is 5.29. The van der Waals surface area contributed by atoms with Crippen molar-refractivity contribution in [3.8, 4) is 5.75 Å². The van der Waals surface area contributed by atoms with Crippen molar-refractivity contribution < 1.29 is 22.3 Å². The van der Waals surface area contributed by atoms with Gasteiger partial charge in [0.1, 0.15) is 16.5 Å². The van der Waals surface area contributed by atoms with E-state index < -0.39 is 21.9 Å². The second kappa shape index (κ2) is 7.74. The fourth-order valence-corrected chi connectivity index (χ4v) is 3.66. The average Bonchev–Trinajstić information content (AvgIpc) is 2.56. The monoisotopic (exact) mass is 353 g/mol. The number of sulfonamides is 1. The lowest BCUT2D eigenvalue weighted by atomic mass is 10.1. The normalized spacial score (nSPS) is 12.8. The van der Waals surface area contributed by atoms with E-state index in [1.165, 1.54) is 39.3 Å². The average molecular weight is 353 g/mol. The summed E-state index contributed by atoms with van der Waals surface area (Å²) in [6.07, 6.45) is 0. The molecular weight excluding hydrogens is 333 g/mol. The molecule has 1 N–H and O–H groups in total. The van der Waals surface area contributed by atoms with Gasteiger partial charge in [-0.05, 0) is 36.2 Å². The Morgan fingerprint density at radius 3 is 2.54 bits per heavy atom. The third-order valence-corrected chi connectivity index (χ3v) is 5.06. The molecule has 0 aliphatic rings. The molecule has 1 unspecified atom stereocenters. The maximum absolute atomic E-state index is 14.2. The largest absolute Gasteiger partial charge is 0.497 e. The van der Waals surface area contributed by atoms with Gasteiger partial charge in [-0.2, -0.15) is 0 Å². The first-order chi connectivity index (χ1) is 11.4. The smallest absolute Gasteiger partial charge is 0.244 e. The van der Waals surface area contributed by atoms with Crippen molar-refractivity contribution >= 4 is 10.0 Å². The molecule has 2 rings (SSSR count). The highest BCUT2D eigenvalue weighted by atomic mass is 32.2. The first kappa shape index (κ1) is 18.4. The molecule has 0 spiro atoms. The second-order valence-corrected chi connectivity index (χ2v) is 6.98. The van der Waals surface area contributed by atoms with Gasteiger partial charge in [-0.1, -0.05) is 24.3 Å². The molecule has 1 atom stereocenters. The molecule has 5 nitrogen and oxygen atoms in total. The van der Waals surface area contributed by atoms with E-state index in [9.17, 15) is 12.8 Å². The van der Waals surface area contributed by atoms with Crippen LogP contribution in [0.3, 0.4) is 0 Å². The van der Waals surface area contributed by atoms with E-state index in [1.807, 2.05) is 0 Å². The Morgan fingerprint density at radius 2 is 1.88 bits per heavy atom. The van der Waals surface area contributed by atoms with Crippen LogP contribution in [0.25, 0.3) is 0 Å². The van der Waals surface area contributed by atoms with E-state index in [0.717, 1.165) is 0 Å². The molecule has 2 aromatic rings. The van der Waals surface area contributed by atoms with Crippen LogP contribution in [0.5, 0.6) is 5.75 Å². The summed E-state index contributed by atoms with van der Waals surface area (Å²) >= 11 is 0. The summed E-state index contributed by atoms with van der Waals surface area (Å²) in [7, 11) is -1.06. The quantitative estimate of drug-likeness (QED) is 0.831. The first-order valence-electron chi connectivity index (χ1n) is 7.29. The number of benzene rings is 2. The van der Waals surface area contributed by atoms with Gasteiger partial charge < -0.3 is 9.47 Å². The van der Waals surface area contributed by atoms with E-state index in [1.54, 1.807) is 24.3 Å². The fraction of sp³-hybridized carbons (Fsp3) is 0.294. The summed E-state index contributed by atoms with van der Waals surface area (Å²) < 4.78 is 52.1. The van der Waals surface area contributed by atoms with Crippen LogP contribution in [0.4, 0.5) is 4.39 Å². The van der Waals surface area contributed by atoms with Gasteiger partial charge in [-0.3, -0.25) is 0 Å². The summed E-state index contributed by atoms with van der Waals surface area (Å²) in [4.78, 5) is -0.383. The Morgan fingerprint density at radius 1 is 1.17 bits per heavy atom. The summed E-state index contributed by atoms with van der Waals surface area (Å²) in [5.74, 6) is -0.165. The van der Waals surface area contributed by atoms with Crippen LogP contribution in [-0.2, 0) is 14.8 Å². The fourth-order valence-electron chi connectivity index (χ4n) is 2.30. The number of aryl methyl sites for hydroxylation is 1. The molecule has 2 aromatic carbocycles. The molecule has 0 bridgehead atoms. The minimum Gasteiger partial charge on any atom is -0.497 e. The maximum Gasteiger partial charge on any atom is 0.244 e. The van der Waals surface area contributed by atoms with Crippen molar-refractivity contribution in [2.75, 3.05) is 20.8 Å². The van der Waals surface area contributed by atoms with Crippen LogP contribution in [0.1, 0.15) is 17.2 Å². The van der Waals surface area contributed by atoms with Crippen LogP contribution in [-0.4, -0.2) is 29.2 Å². The number of ether oxygens (including phenoxy) is 2. The van der Waals surface area contributed by atoms with Gasteiger partial charge in [0.25, 0.3) is 0 Å². The van der Waals surface area contributed by atoms with Crippen LogP contribution < -0.4 is 9.46 Å². The van der Waals surface area contributed by atoms with Gasteiger partial charge in [-0.15, -0.1) is 0 Å². The summed E-state index contributed by atoms with van der Waals surface area (Å²) in [6, 6.07) is 10.5. The van der Waals surface area contributed by atoms with Crippen molar-refractivity contribution in [3.63, 3.8) is 0 Å². The highest BCUT2D eigenvalue weighted by Crippen LogP contribution is 2.23. The van der Waals surface area contributed by atoms with Crippen molar-refractivity contribution in [1.29, 1.82) is 0 Å². The minimum absolute atomic E-state index is 0.0971. The van der Waals surface area contributed by atoms with Crippen molar-refractivity contribution in [2.24, 2.45) is 0 Å². The van der Waals surface area contributed by atoms with Gasteiger partial charge in [0.2, 0.25) is 10.0 Å². The summed E-state index contributed by atoms with van der Waals surface area (Å²) in [5, 5.41) is 0. The number of hydrogen-bond donors (Lipinski definition) is 1. The van der Waals surface area contributed by atoms with Gasteiger partial charge in [0, 0.05) is 7.11 Å². The number of rotatable bonds is 7. The number of nitrogens with one attached hydrogen (secondary N) is 1. The zero-order valence-electron chi connectivity index (χ0n) is 13.7. The minimum atomic E-state index is -4.05. The Labute approximate surface area is 141 Å². The van der Waals surface area contributed by atoms with Gasteiger partial charge in [0.15, 0.2) is 0 Å². The SMILES string of the molecule is COCC(NS(=O)(=O)c1cccc(C)c1F)c1cccc(OC)c1. The molecule has 0 radical (unpaired) electrons. The zero-order chi connectivity index (χ0) is 17.7. The van der Waals surface area contributed by atoms with E-state index >= 15 is 0 Å². The molecule has 0 fully saturated rings. The number of halogens is 1. The lowest BCUT2D eigenvalue weighted by molar-refractivity contribution is 0.175. The Kier molecular flexibility index (Phi) is 5.93. The molecule has 0 aliphatic carbocycles. The lowest BCUT2D eigenvalue weighted by Gasteiger charge is -2.19. The van der Waals surface area contributed by atoms with Gasteiger partial charge in [0.05, 0.1) is 19.8 Å². The molecule has 0 heterocycles. The summed E-state index contributed by atoms with van der Waals surface area (Å²) in [6.45, 7) is 1.61. The molecule has 0 aliphatic heterocycles. The van der Waals surface area contributed by atoms with Crippen molar-refractivity contribution in [3.05, 3.63) is 59.4 Å². The molecule has 24 heavy (non-hydrogen) atoms. The number of methoxy groups -OCH3 is 2. The molecule has 0 saturated carbocycles. The molecule has 0 saturated heterocycles. The maximum atomic E-state index is 14.2. The number of hydrogen-bond acceptors (Lipinski definition) is 4.